The van der Waals surface area contributed by atoms with Gasteiger partial charge in [0.2, 0.25) is 0 Å². The first-order valence-corrected chi connectivity index (χ1v) is 11.0. The van der Waals surface area contributed by atoms with E-state index in [0.29, 0.717) is 23.2 Å². The zero-order valence-electron chi connectivity index (χ0n) is 17.4. The van der Waals surface area contributed by atoms with E-state index in [0.717, 1.165) is 32.8 Å². The number of carbonyl (C=O) groups is 1. The van der Waals surface area contributed by atoms with Crippen molar-refractivity contribution < 1.29 is 4.79 Å². The average Bonchev–Trinajstić information content (AvgIpc) is 3.18. The Morgan fingerprint density at radius 1 is 1.03 bits per heavy atom. The van der Waals surface area contributed by atoms with Crippen molar-refractivity contribution in [2.24, 2.45) is 0 Å². The molecular weight excluding hydrogens is 392 g/mol. The number of Topliss-reactive ketones (excluding diaryl/α,β-unsaturated/α-hetero) is 1. The summed E-state index contributed by atoms with van der Waals surface area (Å²) in [4.78, 5) is 32.8. The molecule has 2 aromatic heterocycles. The maximum absolute atomic E-state index is 13.3. The zero-order valence-corrected chi connectivity index (χ0v) is 18.3. The molecule has 0 saturated carbocycles. The molecule has 0 bridgehead atoms. The Bertz CT molecular complexity index is 1290. The summed E-state index contributed by atoms with van der Waals surface area (Å²) < 4.78 is 1.56. The summed E-state index contributed by atoms with van der Waals surface area (Å²) in [6.45, 7) is 6.07. The van der Waals surface area contributed by atoms with Crippen molar-refractivity contribution in [3.8, 4) is 10.4 Å². The van der Waals surface area contributed by atoms with E-state index < -0.39 is 0 Å². The van der Waals surface area contributed by atoms with Crippen LogP contribution in [0, 0.1) is 13.8 Å². The third kappa shape index (κ3) is 3.85. The van der Waals surface area contributed by atoms with Gasteiger partial charge in [0.1, 0.15) is 10.7 Å². The van der Waals surface area contributed by atoms with Crippen molar-refractivity contribution in [1.82, 2.24) is 9.55 Å². The number of fused-ring (bicyclic) bond motifs is 1. The molecule has 0 spiro atoms. The molecule has 0 atom stereocenters. The van der Waals surface area contributed by atoms with Crippen molar-refractivity contribution >= 4 is 27.3 Å². The van der Waals surface area contributed by atoms with Gasteiger partial charge in [-0.15, -0.1) is 11.3 Å². The maximum Gasteiger partial charge on any atom is 0.262 e. The fourth-order valence-electron chi connectivity index (χ4n) is 3.53. The molecule has 0 aliphatic rings. The number of rotatable bonds is 6. The average molecular weight is 417 g/mol. The van der Waals surface area contributed by atoms with Gasteiger partial charge in [0, 0.05) is 16.9 Å². The normalized spacial score (nSPS) is 11.2. The van der Waals surface area contributed by atoms with E-state index in [1.165, 1.54) is 11.3 Å². The van der Waals surface area contributed by atoms with Crippen LogP contribution in [0.25, 0.3) is 20.7 Å². The lowest BCUT2D eigenvalue weighted by atomic mass is 10.0. The highest BCUT2D eigenvalue weighted by Gasteiger charge is 2.17. The van der Waals surface area contributed by atoms with Crippen molar-refractivity contribution in [3.63, 3.8) is 0 Å². The van der Waals surface area contributed by atoms with Crippen LogP contribution < -0.4 is 5.56 Å². The predicted molar refractivity (Wildman–Crippen MR) is 124 cm³/mol. The Morgan fingerprint density at radius 2 is 1.80 bits per heavy atom. The van der Waals surface area contributed by atoms with E-state index in [-0.39, 0.29) is 17.9 Å². The third-order valence-corrected chi connectivity index (χ3v) is 6.47. The Hall–Kier alpha value is -3.05. The number of thiophene rings is 1. The molecule has 0 N–H and O–H groups in total. The van der Waals surface area contributed by atoms with Gasteiger partial charge in [-0.05, 0) is 49.1 Å². The molecule has 0 unspecified atom stereocenters. The highest BCUT2D eigenvalue weighted by Crippen LogP contribution is 2.31. The molecule has 0 aliphatic carbocycles. The first-order valence-electron chi connectivity index (χ1n) is 10.2. The van der Waals surface area contributed by atoms with Crippen LogP contribution in [0.15, 0.2) is 59.4 Å². The SMILES string of the molecule is CCCc1nc2sc(-c3ccccc3)cc2c(=O)n1CC(=O)c1ccc(C)c(C)c1. The Labute approximate surface area is 179 Å². The van der Waals surface area contributed by atoms with Gasteiger partial charge in [0.05, 0.1) is 11.9 Å². The summed E-state index contributed by atoms with van der Waals surface area (Å²) >= 11 is 1.52. The van der Waals surface area contributed by atoms with Gasteiger partial charge in [-0.25, -0.2) is 4.98 Å². The largest absolute Gasteiger partial charge is 0.292 e. The van der Waals surface area contributed by atoms with Gasteiger partial charge in [0.25, 0.3) is 5.56 Å². The van der Waals surface area contributed by atoms with E-state index in [9.17, 15) is 9.59 Å². The Kier molecular flexibility index (Phi) is 5.64. The maximum atomic E-state index is 13.3. The number of aromatic nitrogens is 2. The van der Waals surface area contributed by atoms with Crippen molar-refractivity contribution in [2.75, 3.05) is 0 Å². The van der Waals surface area contributed by atoms with E-state index >= 15 is 0 Å². The summed E-state index contributed by atoms with van der Waals surface area (Å²) in [6, 6.07) is 17.6. The van der Waals surface area contributed by atoms with E-state index in [4.69, 9.17) is 4.98 Å². The van der Waals surface area contributed by atoms with Gasteiger partial charge in [-0.2, -0.15) is 0 Å². The molecule has 4 aromatic rings. The number of hydrogen-bond acceptors (Lipinski definition) is 4. The summed E-state index contributed by atoms with van der Waals surface area (Å²) in [5.41, 5.74) is 3.77. The molecule has 0 amide bonds. The molecule has 2 heterocycles. The van der Waals surface area contributed by atoms with Gasteiger partial charge in [0.15, 0.2) is 5.78 Å². The molecule has 0 aliphatic heterocycles. The van der Waals surface area contributed by atoms with Crippen LogP contribution in [0.2, 0.25) is 0 Å². The first kappa shape index (κ1) is 20.2. The second-order valence-electron chi connectivity index (χ2n) is 7.59. The lowest BCUT2D eigenvalue weighted by Crippen LogP contribution is -2.28. The zero-order chi connectivity index (χ0) is 21.3. The summed E-state index contributed by atoms with van der Waals surface area (Å²) in [7, 11) is 0. The third-order valence-electron chi connectivity index (χ3n) is 5.39. The molecule has 4 rings (SSSR count). The molecule has 0 radical (unpaired) electrons. The number of benzene rings is 2. The monoisotopic (exact) mass is 416 g/mol. The minimum absolute atomic E-state index is 0.0100. The van der Waals surface area contributed by atoms with Crippen LogP contribution in [0.4, 0.5) is 0 Å². The molecular formula is C25H24N2O2S. The highest BCUT2D eigenvalue weighted by atomic mass is 32.1. The predicted octanol–water partition coefficient (Wildman–Crippen LogP) is 5.58. The number of aryl methyl sites for hydroxylation is 3. The molecule has 2 aromatic carbocycles. The molecule has 5 heteroatoms. The van der Waals surface area contributed by atoms with E-state index in [2.05, 4.69) is 6.92 Å². The Balaban J connectivity index is 1.78. The van der Waals surface area contributed by atoms with Crippen LogP contribution in [-0.2, 0) is 13.0 Å². The summed E-state index contributed by atoms with van der Waals surface area (Å²) in [5, 5.41) is 0.576. The van der Waals surface area contributed by atoms with Crippen molar-refractivity contribution in [3.05, 3.63) is 87.5 Å². The fourth-order valence-corrected chi connectivity index (χ4v) is 4.58. The van der Waals surface area contributed by atoms with E-state index in [1.54, 1.807) is 4.57 Å². The highest BCUT2D eigenvalue weighted by molar-refractivity contribution is 7.21. The number of nitrogens with zero attached hydrogens (tertiary/aromatic N) is 2. The second kappa shape index (κ2) is 8.36. The number of hydrogen-bond donors (Lipinski definition) is 0. The molecule has 0 fully saturated rings. The van der Waals surface area contributed by atoms with Gasteiger partial charge >= 0.3 is 0 Å². The minimum atomic E-state index is -0.140. The first-order chi connectivity index (χ1) is 14.5. The molecule has 30 heavy (non-hydrogen) atoms. The molecule has 152 valence electrons. The number of ketones is 1. The molecule has 4 nitrogen and oxygen atoms in total. The lowest BCUT2D eigenvalue weighted by molar-refractivity contribution is 0.0969. The van der Waals surface area contributed by atoms with Crippen LogP contribution in [0.1, 0.15) is 40.7 Å². The second-order valence-corrected chi connectivity index (χ2v) is 8.62. The van der Waals surface area contributed by atoms with Gasteiger partial charge in [-0.3, -0.25) is 14.2 Å². The van der Waals surface area contributed by atoms with Crippen molar-refractivity contribution in [1.29, 1.82) is 0 Å². The van der Waals surface area contributed by atoms with E-state index in [1.807, 2.05) is 68.4 Å². The lowest BCUT2D eigenvalue weighted by Gasteiger charge is -2.12. The topological polar surface area (TPSA) is 52.0 Å². The van der Waals surface area contributed by atoms with Crippen molar-refractivity contribution in [2.45, 2.75) is 40.2 Å². The fraction of sp³-hybridized carbons (Fsp3) is 0.240. The summed E-state index contributed by atoms with van der Waals surface area (Å²) in [6.07, 6.45) is 1.51. The standard InChI is InChI=1S/C25H24N2O2S/c1-4-8-23-26-24-20(14-22(30-24)18-9-6-5-7-10-18)25(29)27(23)15-21(28)19-12-11-16(2)17(3)13-19/h5-7,9-14H,4,8,15H2,1-3H3. The summed E-state index contributed by atoms with van der Waals surface area (Å²) in [5.74, 6) is 0.603. The molecule has 0 saturated heterocycles. The van der Waals surface area contributed by atoms with Crippen LogP contribution in [0.5, 0.6) is 0 Å². The van der Waals surface area contributed by atoms with Crippen LogP contribution in [-0.4, -0.2) is 15.3 Å². The van der Waals surface area contributed by atoms with Gasteiger partial charge in [-0.1, -0.05) is 49.4 Å². The smallest absolute Gasteiger partial charge is 0.262 e. The van der Waals surface area contributed by atoms with Crippen LogP contribution >= 0.6 is 11.3 Å². The van der Waals surface area contributed by atoms with Gasteiger partial charge < -0.3 is 0 Å². The Morgan fingerprint density at radius 3 is 2.50 bits per heavy atom. The van der Waals surface area contributed by atoms with Crippen LogP contribution in [0.3, 0.4) is 0 Å². The minimum Gasteiger partial charge on any atom is -0.292 e. The quantitative estimate of drug-likeness (QED) is 0.386. The number of carbonyl (C=O) groups excluding carboxylic acids is 1.